The van der Waals surface area contributed by atoms with Gasteiger partial charge in [-0.25, -0.2) is 0 Å². The Labute approximate surface area is 41.3 Å². The second-order valence-electron chi connectivity index (χ2n) is 0.204. The third-order valence-electron chi connectivity index (χ3n) is 0. The molecule has 0 amide bonds. The van der Waals surface area contributed by atoms with Crippen LogP contribution in [0.3, 0.4) is 0 Å². The van der Waals surface area contributed by atoms with Crippen molar-refractivity contribution < 1.29 is 27.4 Å². The van der Waals surface area contributed by atoms with Gasteiger partial charge in [0.2, 0.25) is 0 Å². The molecule has 0 aliphatic heterocycles. The molecule has 0 aliphatic rings. The quantitative estimate of drug-likeness (QED) is 0.480. The minimum absolute atomic E-state index is 0. The van der Waals surface area contributed by atoms with Gasteiger partial charge in [0.15, 0.2) is 0 Å². The Morgan fingerprint density at radius 3 is 1.00 bits per heavy atom. The summed E-state index contributed by atoms with van der Waals surface area (Å²) < 4.78 is 25.8. The Bertz CT molecular complexity index is 76.3. The third-order valence-corrected chi connectivity index (χ3v) is 0. The molecule has 0 unspecified atom stereocenters. The summed E-state index contributed by atoms with van der Waals surface area (Å²) in [4.78, 5) is 0. The van der Waals surface area contributed by atoms with Crippen LogP contribution in [0.4, 0.5) is 0 Å². The second kappa shape index (κ2) is 4.44. The first-order valence-corrected chi connectivity index (χ1v) is 2.96. The molecule has 32 valence electrons. The van der Waals surface area contributed by atoms with Gasteiger partial charge in [-0.1, -0.05) is 0 Å². The van der Waals surface area contributed by atoms with Gasteiger partial charge >= 0.3 is 27.4 Å². The summed E-state index contributed by atoms with van der Waals surface area (Å²) in [5.74, 6) is 0. The van der Waals surface area contributed by atoms with Crippen LogP contribution in [0.25, 0.3) is 0 Å². The maximum atomic E-state index is 8.59. The number of rotatable bonds is 0. The fraction of sp³-hybridized carbons (Fsp3) is 0. The summed E-state index contributed by atoms with van der Waals surface area (Å²) in [6.07, 6.45) is 0. The van der Waals surface area contributed by atoms with E-state index in [1.807, 2.05) is 0 Å². The van der Waals surface area contributed by atoms with Gasteiger partial charge in [-0.15, -0.1) is 0 Å². The fourth-order valence-corrected chi connectivity index (χ4v) is 0. The standard InChI is InChI=1S/Mo.3O.H2S/h;;;;1H2. The predicted molar refractivity (Wildman–Crippen MR) is 12.4 cm³/mol. The molecule has 0 spiro atoms. The van der Waals surface area contributed by atoms with Crippen molar-refractivity contribution in [3.05, 3.63) is 0 Å². The molecule has 0 saturated heterocycles. The van der Waals surface area contributed by atoms with Crippen molar-refractivity contribution in [3.63, 3.8) is 0 Å². The molecule has 0 aromatic heterocycles. The normalized spacial score (nSPS) is 4.80. The Kier molecular flexibility index (Phi) is 8.04. The SMILES string of the molecule is S.[O]=[Mo](=[O])=[O]. The van der Waals surface area contributed by atoms with Crippen LogP contribution in [0.1, 0.15) is 0 Å². The molecular weight excluding hydrogens is 176 g/mol. The van der Waals surface area contributed by atoms with Gasteiger partial charge in [0.05, 0.1) is 0 Å². The summed E-state index contributed by atoms with van der Waals surface area (Å²) in [5.41, 5.74) is 0. The number of hydrogen-bond acceptors (Lipinski definition) is 3. The first kappa shape index (κ1) is 9.06. The molecule has 0 heterocycles. The van der Waals surface area contributed by atoms with Crippen molar-refractivity contribution in [1.29, 1.82) is 0 Å². The van der Waals surface area contributed by atoms with E-state index in [2.05, 4.69) is 0 Å². The summed E-state index contributed by atoms with van der Waals surface area (Å²) in [6, 6.07) is 0. The second-order valence-corrected chi connectivity index (χ2v) is 1.21. The molecule has 0 bridgehead atoms. The zero-order valence-corrected chi connectivity index (χ0v) is 5.14. The molecule has 3 nitrogen and oxygen atoms in total. The van der Waals surface area contributed by atoms with Gasteiger partial charge in [0.1, 0.15) is 0 Å². The molecule has 0 aromatic rings. The van der Waals surface area contributed by atoms with E-state index in [0.717, 1.165) is 0 Å². The van der Waals surface area contributed by atoms with E-state index in [4.69, 9.17) is 10.2 Å². The van der Waals surface area contributed by atoms with E-state index < -0.39 is 17.2 Å². The monoisotopic (exact) mass is 180 g/mol. The van der Waals surface area contributed by atoms with Crippen LogP contribution < -0.4 is 0 Å². The molecule has 0 aromatic carbocycles. The Morgan fingerprint density at radius 2 is 1.00 bits per heavy atom. The average Bonchev–Trinajstić information content (AvgIpc) is 0.811. The molecule has 0 fully saturated rings. The van der Waals surface area contributed by atoms with Crippen molar-refractivity contribution >= 4 is 13.5 Å². The van der Waals surface area contributed by atoms with E-state index in [1.165, 1.54) is 0 Å². The fourth-order valence-electron chi connectivity index (χ4n) is 0. The minimum atomic E-state index is -4.11. The Balaban J connectivity index is 0. The van der Waals surface area contributed by atoms with Crippen molar-refractivity contribution in [1.82, 2.24) is 0 Å². The van der Waals surface area contributed by atoms with E-state index >= 15 is 0 Å². The summed E-state index contributed by atoms with van der Waals surface area (Å²) in [5, 5.41) is 0. The van der Waals surface area contributed by atoms with Crippen molar-refractivity contribution in [2.24, 2.45) is 0 Å². The van der Waals surface area contributed by atoms with Crippen LogP contribution in [0, 0.1) is 0 Å². The van der Waals surface area contributed by atoms with Crippen molar-refractivity contribution in [3.8, 4) is 0 Å². The topological polar surface area (TPSA) is 51.2 Å². The summed E-state index contributed by atoms with van der Waals surface area (Å²) in [7, 11) is 0. The van der Waals surface area contributed by atoms with E-state index in [0.29, 0.717) is 0 Å². The van der Waals surface area contributed by atoms with Gasteiger partial charge in [0, 0.05) is 0 Å². The Morgan fingerprint density at radius 1 is 1.00 bits per heavy atom. The van der Waals surface area contributed by atoms with Gasteiger partial charge in [-0.3, -0.25) is 0 Å². The van der Waals surface area contributed by atoms with Crippen molar-refractivity contribution in [2.45, 2.75) is 0 Å². The maximum absolute atomic E-state index is 8.59. The van der Waals surface area contributed by atoms with Gasteiger partial charge in [-0.05, 0) is 0 Å². The molecule has 0 radical (unpaired) electrons. The molecule has 0 saturated carbocycles. The predicted octanol–water partition coefficient (Wildman–Crippen LogP) is -0.246. The van der Waals surface area contributed by atoms with E-state index in [1.54, 1.807) is 0 Å². The zero-order valence-electron chi connectivity index (χ0n) is 2.13. The molecule has 5 heavy (non-hydrogen) atoms. The first-order chi connectivity index (χ1) is 1.73. The van der Waals surface area contributed by atoms with E-state index in [-0.39, 0.29) is 13.5 Å². The van der Waals surface area contributed by atoms with E-state index in [9.17, 15) is 0 Å². The summed E-state index contributed by atoms with van der Waals surface area (Å²) >= 11 is -4.11. The average molecular weight is 178 g/mol. The molecule has 0 N–H and O–H groups in total. The van der Waals surface area contributed by atoms with Gasteiger partial charge in [0.25, 0.3) is 0 Å². The number of hydrogen-bond donors (Lipinski definition) is 0. The Hall–Kier alpha value is 0.438. The molecule has 0 aliphatic carbocycles. The molecule has 0 atom stereocenters. The zero-order chi connectivity index (χ0) is 3.58. The third kappa shape index (κ3) is 137. The molecule has 0 rings (SSSR count). The van der Waals surface area contributed by atoms with Crippen LogP contribution in [0.2, 0.25) is 0 Å². The van der Waals surface area contributed by atoms with Gasteiger partial charge in [-0.2, -0.15) is 13.5 Å². The molecular formula is H2MoO3S. The van der Waals surface area contributed by atoms with Crippen LogP contribution >= 0.6 is 13.5 Å². The summed E-state index contributed by atoms with van der Waals surface area (Å²) in [6.45, 7) is 0. The van der Waals surface area contributed by atoms with Crippen LogP contribution in [0.15, 0.2) is 0 Å². The van der Waals surface area contributed by atoms with Crippen LogP contribution in [-0.4, -0.2) is 0 Å². The van der Waals surface area contributed by atoms with Crippen molar-refractivity contribution in [2.75, 3.05) is 0 Å². The van der Waals surface area contributed by atoms with Crippen LogP contribution in [0.5, 0.6) is 0 Å². The first-order valence-electron chi connectivity index (χ1n) is 0.500. The van der Waals surface area contributed by atoms with Crippen LogP contribution in [-0.2, 0) is 27.4 Å². The van der Waals surface area contributed by atoms with Gasteiger partial charge < -0.3 is 0 Å². The molecule has 5 heteroatoms.